The van der Waals surface area contributed by atoms with Gasteiger partial charge < -0.3 is 9.47 Å². The fourth-order valence-corrected chi connectivity index (χ4v) is 4.79. The minimum absolute atomic E-state index is 0.206. The minimum atomic E-state index is 0.206. The Morgan fingerprint density at radius 3 is 2.24 bits per heavy atom. The van der Waals surface area contributed by atoms with Gasteiger partial charge in [0.15, 0.2) is 0 Å². The van der Waals surface area contributed by atoms with Crippen LogP contribution in [-0.4, -0.2) is 12.1 Å². The van der Waals surface area contributed by atoms with Gasteiger partial charge in [0.05, 0.1) is 12.8 Å². The highest BCUT2D eigenvalue weighted by Gasteiger charge is 2.37. The number of aromatic nitrogens is 1. The zero-order valence-corrected chi connectivity index (χ0v) is 18.7. The van der Waals surface area contributed by atoms with Gasteiger partial charge >= 0.3 is 0 Å². The number of ether oxygens (including phenoxy) is 2. The maximum absolute atomic E-state index is 5.88. The second-order valence-corrected chi connectivity index (χ2v) is 10.1. The van der Waals surface area contributed by atoms with Gasteiger partial charge in [-0.15, -0.1) is 11.3 Å². The van der Waals surface area contributed by atoms with E-state index in [1.807, 2.05) is 24.3 Å². The molecule has 1 aromatic heterocycles. The van der Waals surface area contributed by atoms with Crippen LogP contribution >= 0.6 is 11.3 Å². The van der Waals surface area contributed by atoms with Crippen molar-refractivity contribution in [2.75, 3.05) is 7.11 Å². The molecule has 4 rings (SSSR count). The first-order valence-corrected chi connectivity index (χ1v) is 11.0. The molecule has 1 aliphatic rings. The minimum Gasteiger partial charge on any atom is -0.497 e. The predicted molar refractivity (Wildman–Crippen MR) is 120 cm³/mol. The average Bonchev–Trinajstić information content (AvgIpc) is 3.19. The van der Waals surface area contributed by atoms with Gasteiger partial charge in [0.2, 0.25) is 0 Å². The third kappa shape index (κ3) is 4.04. The van der Waals surface area contributed by atoms with E-state index < -0.39 is 0 Å². The second kappa shape index (κ2) is 7.49. The Balaban J connectivity index is 1.53. The summed E-state index contributed by atoms with van der Waals surface area (Å²) in [5.41, 5.74) is 5.62. The normalized spacial score (nSPS) is 16.9. The Kier molecular flexibility index (Phi) is 5.16. The van der Waals surface area contributed by atoms with Crippen molar-refractivity contribution in [3.05, 3.63) is 64.0 Å². The van der Waals surface area contributed by atoms with Crippen LogP contribution in [0.15, 0.2) is 47.8 Å². The zero-order chi connectivity index (χ0) is 20.6. The van der Waals surface area contributed by atoms with Crippen LogP contribution in [0.2, 0.25) is 0 Å². The first kappa shape index (κ1) is 20.0. The second-order valence-electron chi connectivity index (χ2n) is 9.12. The van der Waals surface area contributed by atoms with Crippen molar-refractivity contribution in [1.29, 1.82) is 0 Å². The molecule has 152 valence electrons. The summed E-state index contributed by atoms with van der Waals surface area (Å²) in [7, 11) is 1.66. The van der Waals surface area contributed by atoms with Crippen LogP contribution in [0.4, 0.5) is 0 Å². The third-order valence-electron chi connectivity index (χ3n) is 6.12. The molecule has 0 fully saturated rings. The number of hydrogen-bond acceptors (Lipinski definition) is 4. The van der Waals surface area contributed by atoms with Crippen molar-refractivity contribution in [3.8, 4) is 22.8 Å². The summed E-state index contributed by atoms with van der Waals surface area (Å²) >= 11 is 1.65. The monoisotopic (exact) mass is 407 g/mol. The Morgan fingerprint density at radius 2 is 1.55 bits per heavy atom. The largest absolute Gasteiger partial charge is 0.497 e. The van der Waals surface area contributed by atoms with Crippen molar-refractivity contribution in [2.45, 2.75) is 58.0 Å². The van der Waals surface area contributed by atoms with Gasteiger partial charge in [0.25, 0.3) is 0 Å². The Labute approximate surface area is 177 Å². The standard InChI is InChI=1S/C25H29NO2S/c1-24(2)12-13-25(3,4)21-14-17(6-11-20(21)24)22-16-29-23(26-22)15-28-19-9-7-18(27-5)8-10-19/h6-11,14,16H,12-13,15H2,1-5H3. The van der Waals surface area contributed by atoms with E-state index >= 15 is 0 Å². The van der Waals surface area contributed by atoms with E-state index in [9.17, 15) is 0 Å². The van der Waals surface area contributed by atoms with Crippen molar-refractivity contribution >= 4 is 11.3 Å². The Morgan fingerprint density at radius 1 is 0.897 bits per heavy atom. The third-order valence-corrected chi connectivity index (χ3v) is 6.94. The van der Waals surface area contributed by atoms with Gasteiger partial charge in [-0.25, -0.2) is 4.98 Å². The van der Waals surface area contributed by atoms with Gasteiger partial charge in [-0.05, 0) is 65.1 Å². The quantitative estimate of drug-likeness (QED) is 0.469. The lowest BCUT2D eigenvalue weighted by atomic mass is 9.63. The number of thiazole rings is 1. The summed E-state index contributed by atoms with van der Waals surface area (Å²) in [4.78, 5) is 4.83. The van der Waals surface area contributed by atoms with E-state index in [1.54, 1.807) is 18.4 Å². The molecule has 3 aromatic rings. The first-order chi connectivity index (χ1) is 13.8. The lowest BCUT2D eigenvalue weighted by Gasteiger charge is -2.42. The molecule has 4 heteroatoms. The van der Waals surface area contributed by atoms with E-state index in [1.165, 1.54) is 29.5 Å². The van der Waals surface area contributed by atoms with Gasteiger partial charge in [-0.3, -0.25) is 0 Å². The lowest BCUT2D eigenvalue weighted by Crippen LogP contribution is -2.33. The highest BCUT2D eigenvalue weighted by Crippen LogP contribution is 2.46. The maximum atomic E-state index is 5.88. The number of nitrogens with zero attached hydrogens (tertiary/aromatic N) is 1. The van der Waals surface area contributed by atoms with Crippen LogP contribution < -0.4 is 9.47 Å². The van der Waals surface area contributed by atoms with Crippen LogP contribution in [0.1, 0.15) is 56.7 Å². The fourth-order valence-electron chi connectivity index (χ4n) is 4.07. The molecule has 0 spiro atoms. The predicted octanol–water partition coefficient (Wildman–Crippen LogP) is 6.75. The Hall–Kier alpha value is -2.33. The van der Waals surface area contributed by atoms with Crippen molar-refractivity contribution in [3.63, 3.8) is 0 Å². The van der Waals surface area contributed by atoms with E-state index in [-0.39, 0.29) is 10.8 Å². The SMILES string of the molecule is COc1ccc(OCc2nc(-c3ccc4c(c3)C(C)(C)CCC4(C)C)cs2)cc1. The molecule has 0 bridgehead atoms. The molecule has 0 aliphatic heterocycles. The molecule has 0 saturated carbocycles. The molecule has 3 nitrogen and oxygen atoms in total. The maximum Gasteiger partial charge on any atom is 0.140 e. The zero-order valence-electron chi connectivity index (χ0n) is 17.9. The van der Waals surface area contributed by atoms with Crippen LogP contribution in [0.25, 0.3) is 11.3 Å². The number of rotatable bonds is 5. The molecule has 2 aromatic carbocycles. The van der Waals surface area contributed by atoms with Crippen molar-refractivity contribution in [1.82, 2.24) is 4.98 Å². The molecule has 0 atom stereocenters. The molecule has 0 unspecified atom stereocenters. The smallest absolute Gasteiger partial charge is 0.140 e. The topological polar surface area (TPSA) is 31.4 Å². The Bertz CT molecular complexity index is 1000. The average molecular weight is 408 g/mol. The molecule has 1 heterocycles. The van der Waals surface area contributed by atoms with Gasteiger partial charge in [0.1, 0.15) is 23.1 Å². The summed E-state index contributed by atoms with van der Waals surface area (Å²) in [6.45, 7) is 9.91. The molecule has 0 N–H and O–H groups in total. The highest BCUT2D eigenvalue weighted by atomic mass is 32.1. The highest BCUT2D eigenvalue weighted by molar-refractivity contribution is 7.09. The fraction of sp³-hybridized carbons (Fsp3) is 0.400. The molecule has 29 heavy (non-hydrogen) atoms. The number of methoxy groups -OCH3 is 1. The van der Waals surface area contributed by atoms with Crippen molar-refractivity contribution in [2.24, 2.45) is 0 Å². The van der Waals surface area contributed by atoms with Crippen LogP contribution in [0, 0.1) is 0 Å². The molecule has 1 aliphatic carbocycles. The van der Waals surface area contributed by atoms with Gasteiger partial charge in [-0.2, -0.15) is 0 Å². The summed E-state index contributed by atoms with van der Waals surface area (Å²) < 4.78 is 11.1. The van der Waals surface area contributed by atoms with E-state index in [0.29, 0.717) is 6.61 Å². The van der Waals surface area contributed by atoms with E-state index in [0.717, 1.165) is 22.2 Å². The van der Waals surface area contributed by atoms with E-state index in [2.05, 4.69) is 51.3 Å². The summed E-state index contributed by atoms with van der Waals surface area (Å²) in [6, 6.07) is 14.5. The number of benzene rings is 2. The van der Waals surface area contributed by atoms with E-state index in [4.69, 9.17) is 14.5 Å². The van der Waals surface area contributed by atoms with Crippen molar-refractivity contribution < 1.29 is 9.47 Å². The molecule has 0 amide bonds. The molecule has 0 radical (unpaired) electrons. The molecule has 0 saturated heterocycles. The van der Waals surface area contributed by atoms with Gasteiger partial charge in [0, 0.05) is 10.9 Å². The molecular weight excluding hydrogens is 378 g/mol. The van der Waals surface area contributed by atoms with Crippen LogP contribution in [0.5, 0.6) is 11.5 Å². The summed E-state index contributed by atoms with van der Waals surface area (Å²) in [5.74, 6) is 1.65. The van der Waals surface area contributed by atoms with Crippen LogP contribution in [0.3, 0.4) is 0 Å². The first-order valence-electron chi connectivity index (χ1n) is 10.2. The van der Waals surface area contributed by atoms with Crippen LogP contribution in [-0.2, 0) is 17.4 Å². The van der Waals surface area contributed by atoms with Gasteiger partial charge in [-0.1, -0.05) is 39.8 Å². The summed E-state index contributed by atoms with van der Waals surface area (Å²) in [6.07, 6.45) is 2.45. The number of hydrogen-bond donors (Lipinski definition) is 0. The summed E-state index contributed by atoms with van der Waals surface area (Å²) in [5, 5.41) is 3.11. The lowest BCUT2D eigenvalue weighted by molar-refractivity contribution is 0.305. The molecular formula is C25H29NO2S. The number of fused-ring (bicyclic) bond motifs is 1.